The average Bonchev–Trinajstić information content (AvgIpc) is 2.54. The number of esters is 1. The number of hydrogen-bond donors (Lipinski definition) is 0. The van der Waals surface area contributed by atoms with Crippen LogP contribution in [0.15, 0.2) is 48.5 Å². The fourth-order valence-corrected chi connectivity index (χ4v) is 2.72. The van der Waals surface area contributed by atoms with Gasteiger partial charge in [-0.05, 0) is 17.7 Å². The molecule has 2 atom stereocenters. The van der Waals surface area contributed by atoms with Crippen molar-refractivity contribution in [3.63, 3.8) is 0 Å². The number of hydrogen-bond acceptors (Lipinski definition) is 4. The molecule has 1 aliphatic rings. The van der Waals surface area contributed by atoms with Gasteiger partial charge in [0.2, 0.25) is 0 Å². The molecule has 0 aliphatic carbocycles. The summed E-state index contributed by atoms with van der Waals surface area (Å²) in [6.07, 6.45) is 0.144. The molecule has 114 valence electrons. The molecule has 0 aromatic heterocycles. The Kier molecular flexibility index (Phi) is 4.00. The third-order valence-corrected chi connectivity index (χ3v) is 3.74. The number of carbonyl (C=O) groups excluding carboxylic acids is 1. The summed E-state index contributed by atoms with van der Waals surface area (Å²) in [5, 5.41) is 0. The number of ether oxygens (including phenoxy) is 3. The topological polar surface area (TPSA) is 44.8 Å². The molecule has 2 aromatic carbocycles. The molecule has 0 saturated heterocycles. The molecule has 3 rings (SSSR count). The highest BCUT2D eigenvalue weighted by Crippen LogP contribution is 2.44. The van der Waals surface area contributed by atoms with Crippen molar-refractivity contribution in [1.29, 1.82) is 0 Å². The predicted octanol–water partition coefficient (Wildman–Crippen LogP) is 3.82. The van der Waals surface area contributed by atoms with Crippen molar-refractivity contribution in [2.75, 3.05) is 7.11 Å². The second-order valence-corrected chi connectivity index (χ2v) is 5.25. The molecule has 1 heterocycles. The summed E-state index contributed by atoms with van der Waals surface area (Å²) in [4.78, 5) is 11.4. The van der Waals surface area contributed by atoms with Crippen LogP contribution in [0.3, 0.4) is 0 Å². The van der Waals surface area contributed by atoms with Crippen molar-refractivity contribution >= 4 is 5.97 Å². The Hall–Kier alpha value is -2.49. The molecular weight excluding hydrogens is 280 g/mol. The van der Waals surface area contributed by atoms with Crippen LogP contribution >= 0.6 is 0 Å². The fourth-order valence-electron chi connectivity index (χ4n) is 2.72. The fraction of sp³-hybridized carbons (Fsp3) is 0.278. The van der Waals surface area contributed by atoms with E-state index >= 15 is 0 Å². The molecule has 4 nitrogen and oxygen atoms in total. The lowest BCUT2D eigenvalue weighted by atomic mass is 9.94. The molecular formula is C18H18O4. The molecule has 0 spiro atoms. The van der Waals surface area contributed by atoms with Crippen LogP contribution in [0.2, 0.25) is 0 Å². The smallest absolute Gasteiger partial charge is 0.303 e. The van der Waals surface area contributed by atoms with Gasteiger partial charge < -0.3 is 14.2 Å². The van der Waals surface area contributed by atoms with Crippen molar-refractivity contribution in [2.45, 2.75) is 25.6 Å². The molecule has 0 N–H and O–H groups in total. The Morgan fingerprint density at radius 1 is 1.18 bits per heavy atom. The summed E-state index contributed by atoms with van der Waals surface area (Å²) in [6.45, 7) is 1.43. The second kappa shape index (κ2) is 6.10. The molecule has 0 bridgehead atoms. The van der Waals surface area contributed by atoms with Crippen molar-refractivity contribution in [3.8, 4) is 11.5 Å². The van der Waals surface area contributed by atoms with Crippen LogP contribution < -0.4 is 9.47 Å². The van der Waals surface area contributed by atoms with Gasteiger partial charge in [-0.15, -0.1) is 0 Å². The maximum Gasteiger partial charge on any atom is 0.303 e. The first kappa shape index (κ1) is 14.4. The summed E-state index contributed by atoms with van der Waals surface area (Å²) < 4.78 is 16.8. The summed E-state index contributed by atoms with van der Waals surface area (Å²) in [5.74, 6) is 1.13. The second-order valence-electron chi connectivity index (χ2n) is 5.25. The Morgan fingerprint density at radius 2 is 1.95 bits per heavy atom. The van der Waals surface area contributed by atoms with E-state index in [1.54, 1.807) is 7.11 Å². The van der Waals surface area contributed by atoms with Crippen molar-refractivity contribution < 1.29 is 19.0 Å². The van der Waals surface area contributed by atoms with Crippen LogP contribution in [0.5, 0.6) is 11.5 Å². The number of benzene rings is 2. The third kappa shape index (κ3) is 2.91. The highest BCUT2D eigenvalue weighted by molar-refractivity contribution is 5.66. The van der Waals surface area contributed by atoms with Gasteiger partial charge in [-0.3, -0.25) is 4.79 Å². The molecule has 0 saturated carbocycles. The van der Waals surface area contributed by atoms with Gasteiger partial charge >= 0.3 is 5.97 Å². The van der Waals surface area contributed by atoms with Gasteiger partial charge in [-0.2, -0.15) is 0 Å². The maximum atomic E-state index is 11.4. The lowest BCUT2D eigenvalue weighted by Gasteiger charge is -2.32. The zero-order valence-corrected chi connectivity index (χ0v) is 12.6. The van der Waals surface area contributed by atoms with Gasteiger partial charge in [0.1, 0.15) is 23.7 Å². The zero-order chi connectivity index (χ0) is 15.5. The number of methoxy groups -OCH3 is 1. The van der Waals surface area contributed by atoms with Crippen LogP contribution in [-0.4, -0.2) is 13.1 Å². The number of fused-ring (bicyclic) bond motifs is 1. The summed E-state index contributed by atoms with van der Waals surface area (Å²) in [6, 6.07) is 15.5. The normalized spacial score (nSPS) is 19.7. The van der Waals surface area contributed by atoms with Crippen LogP contribution in [0.4, 0.5) is 0 Å². The Morgan fingerprint density at radius 3 is 2.64 bits per heavy atom. The van der Waals surface area contributed by atoms with E-state index < -0.39 is 0 Å². The first-order valence-electron chi connectivity index (χ1n) is 7.24. The van der Waals surface area contributed by atoms with Gasteiger partial charge in [-0.1, -0.05) is 30.3 Å². The van der Waals surface area contributed by atoms with Gasteiger partial charge in [0, 0.05) is 25.0 Å². The van der Waals surface area contributed by atoms with E-state index in [1.807, 2.05) is 48.5 Å². The first-order valence-corrected chi connectivity index (χ1v) is 7.24. The largest absolute Gasteiger partial charge is 0.497 e. The Bertz CT molecular complexity index is 666. The van der Waals surface area contributed by atoms with E-state index in [1.165, 1.54) is 6.92 Å². The van der Waals surface area contributed by atoms with Gasteiger partial charge in [0.05, 0.1) is 7.11 Å². The molecule has 1 aliphatic heterocycles. The molecule has 2 unspecified atom stereocenters. The van der Waals surface area contributed by atoms with Crippen LogP contribution in [0.25, 0.3) is 0 Å². The van der Waals surface area contributed by atoms with E-state index in [0.717, 1.165) is 11.1 Å². The van der Waals surface area contributed by atoms with Gasteiger partial charge in [0.15, 0.2) is 0 Å². The molecule has 22 heavy (non-hydrogen) atoms. The van der Waals surface area contributed by atoms with Gasteiger partial charge in [-0.25, -0.2) is 0 Å². The average molecular weight is 298 g/mol. The van der Waals surface area contributed by atoms with Gasteiger partial charge in [0.25, 0.3) is 0 Å². The van der Waals surface area contributed by atoms with Crippen molar-refractivity contribution in [3.05, 3.63) is 59.7 Å². The SMILES string of the molecule is COc1ccc2c(c1)OC(c1ccccc1)CC2OC(C)=O. The van der Waals surface area contributed by atoms with Crippen molar-refractivity contribution in [2.24, 2.45) is 0 Å². The van der Waals surface area contributed by atoms with E-state index in [4.69, 9.17) is 14.2 Å². The summed E-state index contributed by atoms with van der Waals surface area (Å²) in [7, 11) is 1.61. The predicted molar refractivity (Wildman–Crippen MR) is 81.9 cm³/mol. The van der Waals surface area contributed by atoms with Crippen LogP contribution in [0, 0.1) is 0 Å². The molecule has 0 fully saturated rings. The maximum absolute atomic E-state index is 11.4. The Balaban J connectivity index is 1.97. The van der Waals surface area contributed by atoms with Crippen LogP contribution in [-0.2, 0) is 9.53 Å². The zero-order valence-electron chi connectivity index (χ0n) is 12.6. The van der Waals surface area contributed by atoms with Crippen LogP contribution in [0.1, 0.15) is 36.7 Å². The van der Waals surface area contributed by atoms with E-state index in [2.05, 4.69) is 0 Å². The van der Waals surface area contributed by atoms with E-state index in [-0.39, 0.29) is 18.2 Å². The monoisotopic (exact) mass is 298 g/mol. The first-order chi connectivity index (χ1) is 10.7. The minimum Gasteiger partial charge on any atom is -0.497 e. The third-order valence-electron chi connectivity index (χ3n) is 3.74. The van der Waals surface area contributed by atoms with Crippen molar-refractivity contribution in [1.82, 2.24) is 0 Å². The van der Waals surface area contributed by atoms with E-state index in [9.17, 15) is 4.79 Å². The molecule has 0 amide bonds. The number of carbonyl (C=O) groups is 1. The highest BCUT2D eigenvalue weighted by atomic mass is 16.6. The number of rotatable bonds is 3. The quantitative estimate of drug-likeness (QED) is 0.808. The van der Waals surface area contributed by atoms with E-state index in [0.29, 0.717) is 17.9 Å². The lowest BCUT2D eigenvalue weighted by molar-refractivity contribution is -0.149. The minimum absolute atomic E-state index is 0.148. The lowest BCUT2D eigenvalue weighted by Crippen LogP contribution is -2.22. The summed E-state index contributed by atoms with van der Waals surface area (Å²) >= 11 is 0. The molecule has 4 heteroatoms. The Labute approximate surface area is 129 Å². The highest BCUT2D eigenvalue weighted by Gasteiger charge is 2.31. The standard InChI is InChI=1S/C18H18O4/c1-12(19)21-18-11-16(13-6-4-3-5-7-13)22-17-10-14(20-2)8-9-15(17)18/h3-10,16,18H,11H2,1-2H3. The molecule has 2 aromatic rings. The summed E-state index contributed by atoms with van der Waals surface area (Å²) in [5.41, 5.74) is 1.94. The minimum atomic E-state index is -0.308. The molecule has 0 radical (unpaired) electrons.